The molecule has 0 radical (unpaired) electrons. The Morgan fingerprint density at radius 2 is 1.69 bits per heavy atom. The van der Waals surface area contributed by atoms with Gasteiger partial charge >= 0.3 is 0 Å². The first kappa shape index (κ1) is 17.5. The van der Waals surface area contributed by atoms with Crippen molar-refractivity contribution in [2.75, 3.05) is 24.5 Å². The smallest absolute Gasteiger partial charge is 0.243 e. The Bertz CT molecular complexity index is 855. The molecule has 1 saturated heterocycles. The van der Waals surface area contributed by atoms with Gasteiger partial charge in [-0.3, -0.25) is 9.59 Å². The maximum atomic E-state index is 12.9. The van der Waals surface area contributed by atoms with Gasteiger partial charge in [0.2, 0.25) is 21.8 Å². The van der Waals surface area contributed by atoms with Gasteiger partial charge in [0.25, 0.3) is 0 Å². The SMILES string of the molecule is NC(=O)C1CCN(S(=O)(=O)c2ccc3c(c2)CCN3C(=O)C2CC2)CC1. The third kappa shape index (κ3) is 3.01. The first-order chi connectivity index (χ1) is 12.4. The molecule has 2 heterocycles. The summed E-state index contributed by atoms with van der Waals surface area (Å²) in [6, 6.07) is 5.05. The second-order valence-electron chi connectivity index (χ2n) is 7.39. The average molecular weight is 377 g/mol. The fourth-order valence-electron chi connectivity index (χ4n) is 3.85. The Balaban J connectivity index is 1.53. The fraction of sp³-hybridized carbons (Fsp3) is 0.556. The summed E-state index contributed by atoms with van der Waals surface area (Å²) in [5, 5.41) is 0. The molecule has 2 amide bonds. The van der Waals surface area contributed by atoms with E-state index in [1.807, 2.05) is 0 Å². The van der Waals surface area contributed by atoms with Crippen LogP contribution in [0.5, 0.6) is 0 Å². The van der Waals surface area contributed by atoms with Gasteiger partial charge in [0.05, 0.1) is 4.90 Å². The molecular weight excluding hydrogens is 354 g/mol. The summed E-state index contributed by atoms with van der Waals surface area (Å²) in [5.41, 5.74) is 7.07. The zero-order chi connectivity index (χ0) is 18.5. The van der Waals surface area contributed by atoms with Crippen molar-refractivity contribution < 1.29 is 18.0 Å². The van der Waals surface area contributed by atoms with Crippen molar-refractivity contribution in [2.45, 2.75) is 37.0 Å². The molecule has 0 spiro atoms. The highest BCUT2D eigenvalue weighted by atomic mass is 32.2. The Morgan fingerprint density at radius 1 is 1.00 bits per heavy atom. The van der Waals surface area contributed by atoms with Crippen molar-refractivity contribution in [3.63, 3.8) is 0 Å². The molecule has 0 bridgehead atoms. The van der Waals surface area contributed by atoms with Crippen LogP contribution in [0.1, 0.15) is 31.2 Å². The van der Waals surface area contributed by atoms with E-state index in [0.717, 1.165) is 24.1 Å². The van der Waals surface area contributed by atoms with E-state index in [1.54, 1.807) is 23.1 Å². The van der Waals surface area contributed by atoms with Crippen molar-refractivity contribution in [3.05, 3.63) is 23.8 Å². The van der Waals surface area contributed by atoms with Crippen LogP contribution in [0.25, 0.3) is 0 Å². The highest BCUT2D eigenvalue weighted by Gasteiger charge is 2.37. The van der Waals surface area contributed by atoms with E-state index in [4.69, 9.17) is 5.73 Å². The van der Waals surface area contributed by atoms with E-state index < -0.39 is 10.0 Å². The number of primary amides is 1. The predicted octanol–water partition coefficient (Wildman–Crippen LogP) is 0.872. The minimum absolute atomic E-state index is 0.149. The van der Waals surface area contributed by atoms with E-state index in [2.05, 4.69) is 0 Å². The van der Waals surface area contributed by atoms with E-state index >= 15 is 0 Å². The van der Waals surface area contributed by atoms with Crippen LogP contribution in [0.15, 0.2) is 23.1 Å². The maximum Gasteiger partial charge on any atom is 0.243 e. The van der Waals surface area contributed by atoms with Gasteiger partial charge in [-0.2, -0.15) is 4.31 Å². The van der Waals surface area contributed by atoms with Gasteiger partial charge in [0.1, 0.15) is 0 Å². The van der Waals surface area contributed by atoms with Crippen LogP contribution in [0.2, 0.25) is 0 Å². The maximum absolute atomic E-state index is 12.9. The molecule has 26 heavy (non-hydrogen) atoms. The summed E-state index contributed by atoms with van der Waals surface area (Å²) >= 11 is 0. The van der Waals surface area contributed by atoms with Gasteiger partial charge in [0.15, 0.2) is 0 Å². The quantitative estimate of drug-likeness (QED) is 0.841. The van der Waals surface area contributed by atoms with Crippen LogP contribution >= 0.6 is 0 Å². The molecule has 1 saturated carbocycles. The molecule has 2 fully saturated rings. The number of piperidine rings is 1. The number of fused-ring (bicyclic) bond motifs is 1. The fourth-order valence-corrected chi connectivity index (χ4v) is 5.37. The Hall–Kier alpha value is -1.93. The zero-order valence-electron chi connectivity index (χ0n) is 14.6. The molecule has 140 valence electrons. The second-order valence-corrected chi connectivity index (χ2v) is 9.32. The first-order valence-corrected chi connectivity index (χ1v) is 10.6. The third-order valence-electron chi connectivity index (χ3n) is 5.63. The third-order valence-corrected chi connectivity index (χ3v) is 7.53. The lowest BCUT2D eigenvalue weighted by Crippen LogP contribution is -2.41. The lowest BCUT2D eigenvalue weighted by molar-refractivity contribution is -0.123. The minimum atomic E-state index is -3.60. The standard InChI is InChI=1S/C18H23N3O4S/c19-17(22)12-5-8-20(9-6-12)26(24,25)15-3-4-16-14(11-15)7-10-21(16)18(23)13-1-2-13/h3-4,11-13H,1-2,5-10H2,(H2,19,22). The molecule has 1 aliphatic carbocycles. The van der Waals surface area contributed by atoms with Gasteiger partial charge in [0, 0.05) is 37.2 Å². The van der Waals surface area contributed by atoms with Crippen molar-refractivity contribution in [1.82, 2.24) is 4.31 Å². The number of anilines is 1. The number of carbonyl (C=O) groups is 2. The topological polar surface area (TPSA) is 101 Å². The van der Waals surface area contributed by atoms with Gasteiger partial charge in [-0.15, -0.1) is 0 Å². The summed E-state index contributed by atoms with van der Waals surface area (Å²) < 4.78 is 27.3. The molecule has 4 rings (SSSR count). The van der Waals surface area contributed by atoms with Crippen LogP contribution in [0, 0.1) is 11.8 Å². The zero-order valence-corrected chi connectivity index (χ0v) is 15.4. The average Bonchev–Trinajstić information content (AvgIpc) is 3.40. The Morgan fingerprint density at radius 3 is 2.31 bits per heavy atom. The summed E-state index contributed by atoms with van der Waals surface area (Å²) in [6.45, 7) is 1.23. The molecule has 0 atom stereocenters. The first-order valence-electron chi connectivity index (χ1n) is 9.11. The minimum Gasteiger partial charge on any atom is -0.369 e. The normalized spacial score (nSPS) is 21.6. The number of amides is 2. The van der Waals surface area contributed by atoms with Crippen LogP contribution in [0.4, 0.5) is 5.69 Å². The molecule has 2 aliphatic heterocycles. The monoisotopic (exact) mass is 377 g/mol. The number of hydrogen-bond donors (Lipinski definition) is 1. The molecule has 1 aromatic carbocycles. The predicted molar refractivity (Wildman–Crippen MR) is 95.9 cm³/mol. The highest BCUT2D eigenvalue weighted by Crippen LogP contribution is 2.37. The Labute approximate surface area is 153 Å². The number of carbonyl (C=O) groups excluding carboxylic acids is 2. The molecule has 7 nitrogen and oxygen atoms in total. The number of nitrogens with two attached hydrogens (primary N) is 1. The van der Waals surface area contributed by atoms with Crippen molar-refractivity contribution in [3.8, 4) is 0 Å². The number of sulfonamides is 1. The summed E-state index contributed by atoms with van der Waals surface area (Å²) in [4.78, 5) is 25.7. The van der Waals surface area contributed by atoms with Crippen molar-refractivity contribution in [1.29, 1.82) is 0 Å². The van der Waals surface area contributed by atoms with E-state index in [9.17, 15) is 18.0 Å². The van der Waals surface area contributed by atoms with E-state index in [1.165, 1.54) is 4.31 Å². The molecule has 3 aliphatic rings. The highest BCUT2D eigenvalue weighted by molar-refractivity contribution is 7.89. The lowest BCUT2D eigenvalue weighted by atomic mass is 9.98. The Kier molecular flexibility index (Phi) is 4.27. The molecule has 1 aromatic rings. The molecule has 2 N–H and O–H groups in total. The van der Waals surface area contributed by atoms with Crippen LogP contribution in [0.3, 0.4) is 0 Å². The number of nitrogens with zero attached hydrogens (tertiary/aromatic N) is 2. The van der Waals surface area contributed by atoms with Gasteiger partial charge in [-0.1, -0.05) is 0 Å². The van der Waals surface area contributed by atoms with Crippen molar-refractivity contribution in [2.24, 2.45) is 17.6 Å². The van der Waals surface area contributed by atoms with Gasteiger partial charge in [-0.25, -0.2) is 8.42 Å². The summed E-state index contributed by atoms with van der Waals surface area (Å²) in [7, 11) is -3.60. The molecule has 0 aromatic heterocycles. The van der Waals surface area contributed by atoms with Crippen molar-refractivity contribution >= 4 is 27.5 Å². The lowest BCUT2D eigenvalue weighted by Gasteiger charge is -2.29. The second kappa shape index (κ2) is 6.35. The summed E-state index contributed by atoms with van der Waals surface area (Å²) in [5.74, 6) is -0.299. The number of benzene rings is 1. The van der Waals surface area contributed by atoms with Crippen LogP contribution in [-0.2, 0) is 26.0 Å². The van der Waals surface area contributed by atoms with Gasteiger partial charge in [-0.05, 0) is 55.9 Å². The molecule has 0 unspecified atom stereocenters. The van der Waals surface area contributed by atoms with Gasteiger partial charge < -0.3 is 10.6 Å². The largest absolute Gasteiger partial charge is 0.369 e. The number of rotatable bonds is 4. The van der Waals surface area contributed by atoms with Crippen LogP contribution in [-0.4, -0.2) is 44.2 Å². The number of hydrogen-bond acceptors (Lipinski definition) is 4. The summed E-state index contributed by atoms with van der Waals surface area (Å²) in [6.07, 6.45) is 3.52. The van der Waals surface area contributed by atoms with E-state index in [-0.39, 0.29) is 28.5 Å². The molecule has 8 heteroatoms. The molecular formula is C18H23N3O4S. The van der Waals surface area contributed by atoms with Crippen LogP contribution < -0.4 is 10.6 Å². The van der Waals surface area contributed by atoms with E-state index in [0.29, 0.717) is 38.9 Å².